The number of aromatic nitrogens is 1. The van der Waals surface area contributed by atoms with Crippen molar-refractivity contribution in [1.82, 2.24) is 14.8 Å². The van der Waals surface area contributed by atoms with Crippen LogP contribution in [-0.4, -0.2) is 67.6 Å². The van der Waals surface area contributed by atoms with Gasteiger partial charge in [-0.3, -0.25) is 9.69 Å². The van der Waals surface area contributed by atoms with Gasteiger partial charge in [0.2, 0.25) is 5.91 Å². The molecule has 2 heterocycles. The molecule has 1 aliphatic rings. The number of benzene rings is 1. The molecule has 0 aliphatic carbocycles. The molecule has 1 aromatic carbocycles. The molecule has 0 atom stereocenters. The molecule has 5 nitrogen and oxygen atoms in total. The summed E-state index contributed by atoms with van der Waals surface area (Å²) in [5.74, 6) is 0.199. The molecule has 3 rings (SSSR count). The Hall–Kier alpha value is -1.76. The summed E-state index contributed by atoms with van der Waals surface area (Å²) in [5, 5.41) is 3.29. The van der Waals surface area contributed by atoms with Crippen LogP contribution >= 0.6 is 11.3 Å². The standard InChI is InChI=1S/C21H29N3O2S/c1-17-22-19(16-27-17)21(18-7-5-4-6-8-18)9-11-24(12-10-21)20(25)15-23(2)13-14-26-3/h4-8,16H,9-15H2,1-3H3. The van der Waals surface area contributed by atoms with Crippen LogP contribution in [0.15, 0.2) is 35.7 Å². The third kappa shape index (κ3) is 4.57. The van der Waals surface area contributed by atoms with Crippen molar-refractivity contribution in [3.05, 3.63) is 52.0 Å². The van der Waals surface area contributed by atoms with Gasteiger partial charge in [-0.05, 0) is 32.4 Å². The zero-order valence-electron chi connectivity index (χ0n) is 16.5. The number of hydrogen-bond acceptors (Lipinski definition) is 5. The van der Waals surface area contributed by atoms with Crippen LogP contribution < -0.4 is 0 Å². The number of ether oxygens (including phenoxy) is 1. The van der Waals surface area contributed by atoms with Crippen LogP contribution in [0.25, 0.3) is 0 Å². The number of likely N-dealkylation sites (N-methyl/N-ethyl adjacent to an activating group) is 1. The van der Waals surface area contributed by atoms with Crippen LogP contribution in [0.2, 0.25) is 0 Å². The SMILES string of the molecule is COCCN(C)CC(=O)N1CCC(c2ccccc2)(c2csc(C)n2)CC1. The second-order valence-corrected chi connectivity index (χ2v) is 8.37. The lowest BCUT2D eigenvalue weighted by Crippen LogP contribution is -2.48. The van der Waals surface area contributed by atoms with Crippen LogP contribution in [-0.2, 0) is 14.9 Å². The summed E-state index contributed by atoms with van der Waals surface area (Å²) in [6.07, 6.45) is 1.82. The van der Waals surface area contributed by atoms with Gasteiger partial charge in [0, 0.05) is 37.5 Å². The summed E-state index contributed by atoms with van der Waals surface area (Å²) in [6, 6.07) is 10.6. The molecular formula is C21H29N3O2S. The van der Waals surface area contributed by atoms with Crippen LogP contribution in [0, 0.1) is 6.92 Å². The van der Waals surface area contributed by atoms with Gasteiger partial charge in [-0.2, -0.15) is 0 Å². The van der Waals surface area contributed by atoms with Gasteiger partial charge in [0.25, 0.3) is 0 Å². The quantitative estimate of drug-likeness (QED) is 0.733. The Kier molecular flexibility index (Phi) is 6.63. The van der Waals surface area contributed by atoms with E-state index in [1.807, 2.05) is 16.8 Å². The summed E-state index contributed by atoms with van der Waals surface area (Å²) in [4.78, 5) is 21.5. The van der Waals surface area contributed by atoms with Gasteiger partial charge in [-0.1, -0.05) is 30.3 Å². The maximum atomic E-state index is 12.7. The molecule has 146 valence electrons. The average molecular weight is 388 g/mol. The van der Waals surface area contributed by atoms with Crippen molar-refractivity contribution >= 4 is 17.2 Å². The second-order valence-electron chi connectivity index (χ2n) is 7.31. The fourth-order valence-corrected chi connectivity index (χ4v) is 4.54. The smallest absolute Gasteiger partial charge is 0.236 e. The Morgan fingerprint density at radius 1 is 1.30 bits per heavy atom. The molecule has 0 radical (unpaired) electrons. The monoisotopic (exact) mass is 387 g/mol. The van der Waals surface area contributed by atoms with E-state index >= 15 is 0 Å². The number of likely N-dealkylation sites (tertiary alicyclic amines) is 1. The second kappa shape index (κ2) is 8.95. The molecule has 0 saturated carbocycles. The number of carbonyl (C=O) groups is 1. The van der Waals surface area contributed by atoms with Crippen molar-refractivity contribution in [2.75, 3.05) is 46.9 Å². The van der Waals surface area contributed by atoms with Gasteiger partial charge < -0.3 is 9.64 Å². The Morgan fingerprint density at radius 2 is 2.00 bits per heavy atom. The van der Waals surface area contributed by atoms with Crippen molar-refractivity contribution in [3.63, 3.8) is 0 Å². The predicted octanol–water partition coefficient (Wildman–Crippen LogP) is 2.94. The first kappa shape index (κ1) is 20.0. The molecule has 1 amide bonds. The number of aryl methyl sites for hydroxylation is 1. The highest BCUT2D eigenvalue weighted by Gasteiger charge is 2.40. The fraction of sp³-hybridized carbons (Fsp3) is 0.524. The van der Waals surface area contributed by atoms with Gasteiger partial charge in [0.1, 0.15) is 0 Å². The van der Waals surface area contributed by atoms with E-state index in [0.717, 1.165) is 43.2 Å². The molecule has 0 bridgehead atoms. The number of hydrogen-bond donors (Lipinski definition) is 0. The number of piperidine rings is 1. The van der Waals surface area contributed by atoms with Crippen LogP contribution in [0.1, 0.15) is 29.1 Å². The first-order valence-electron chi connectivity index (χ1n) is 9.48. The van der Waals surface area contributed by atoms with Gasteiger partial charge in [-0.25, -0.2) is 4.98 Å². The average Bonchev–Trinajstić information content (AvgIpc) is 3.14. The van der Waals surface area contributed by atoms with E-state index in [1.54, 1.807) is 18.4 Å². The van der Waals surface area contributed by atoms with Gasteiger partial charge in [-0.15, -0.1) is 11.3 Å². The summed E-state index contributed by atoms with van der Waals surface area (Å²) >= 11 is 1.70. The molecule has 1 saturated heterocycles. The molecule has 0 N–H and O–H groups in total. The summed E-state index contributed by atoms with van der Waals surface area (Å²) < 4.78 is 5.09. The molecule has 1 aromatic heterocycles. The maximum absolute atomic E-state index is 12.7. The molecule has 2 aromatic rings. The van der Waals surface area contributed by atoms with E-state index < -0.39 is 0 Å². The minimum absolute atomic E-state index is 0.0925. The minimum Gasteiger partial charge on any atom is -0.383 e. The van der Waals surface area contributed by atoms with Gasteiger partial charge in [0.05, 0.1) is 23.9 Å². The minimum atomic E-state index is -0.0925. The van der Waals surface area contributed by atoms with E-state index in [1.165, 1.54) is 5.56 Å². The first-order chi connectivity index (χ1) is 13.0. The lowest BCUT2D eigenvalue weighted by atomic mass is 9.70. The summed E-state index contributed by atoms with van der Waals surface area (Å²) in [6.45, 7) is 5.44. The van der Waals surface area contributed by atoms with Crippen molar-refractivity contribution < 1.29 is 9.53 Å². The molecule has 1 fully saturated rings. The van der Waals surface area contributed by atoms with Gasteiger partial charge in [0.15, 0.2) is 0 Å². The lowest BCUT2D eigenvalue weighted by molar-refractivity contribution is -0.133. The molecular weight excluding hydrogens is 358 g/mol. The number of amides is 1. The number of rotatable bonds is 7. The molecule has 0 spiro atoms. The Bertz CT molecular complexity index is 739. The van der Waals surface area contributed by atoms with Crippen LogP contribution in [0.3, 0.4) is 0 Å². The first-order valence-corrected chi connectivity index (χ1v) is 10.4. The molecule has 0 unspecified atom stereocenters. The van der Waals surface area contributed by atoms with Crippen molar-refractivity contribution in [2.45, 2.75) is 25.2 Å². The number of nitrogens with zero attached hydrogens (tertiary/aromatic N) is 3. The van der Waals surface area contributed by atoms with E-state index in [2.05, 4.69) is 42.6 Å². The topological polar surface area (TPSA) is 45.7 Å². The zero-order valence-corrected chi connectivity index (χ0v) is 17.3. The Labute approximate surface area is 166 Å². The molecule has 6 heteroatoms. The lowest BCUT2D eigenvalue weighted by Gasteiger charge is -2.41. The number of thiazole rings is 1. The molecule has 27 heavy (non-hydrogen) atoms. The van der Waals surface area contributed by atoms with Crippen LogP contribution in [0.5, 0.6) is 0 Å². The third-order valence-corrected chi connectivity index (χ3v) is 6.26. The van der Waals surface area contributed by atoms with Gasteiger partial charge >= 0.3 is 0 Å². The maximum Gasteiger partial charge on any atom is 0.236 e. The van der Waals surface area contributed by atoms with Crippen molar-refractivity contribution in [2.24, 2.45) is 0 Å². The normalized spacial score (nSPS) is 16.7. The fourth-order valence-electron chi connectivity index (χ4n) is 3.83. The van der Waals surface area contributed by atoms with Crippen LogP contribution in [0.4, 0.5) is 0 Å². The Balaban J connectivity index is 1.72. The summed E-state index contributed by atoms with van der Waals surface area (Å²) in [7, 11) is 3.65. The van der Waals surface area contributed by atoms with E-state index in [4.69, 9.17) is 9.72 Å². The van der Waals surface area contributed by atoms with E-state index in [-0.39, 0.29) is 11.3 Å². The highest BCUT2D eigenvalue weighted by molar-refractivity contribution is 7.09. The van der Waals surface area contributed by atoms with E-state index in [9.17, 15) is 4.79 Å². The Morgan fingerprint density at radius 3 is 2.59 bits per heavy atom. The highest BCUT2D eigenvalue weighted by Crippen LogP contribution is 2.41. The number of carbonyl (C=O) groups excluding carboxylic acids is 1. The summed E-state index contributed by atoms with van der Waals surface area (Å²) in [5.41, 5.74) is 2.37. The predicted molar refractivity (Wildman–Crippen MR) is 109 cm³/mol. The zero-order chi connectivity index (χ0) is 19.3. The third-order valence-electron chi connectivity index (χ3n) is 5.49. The molecule has 1 aliphatic heterocycles. The largest absolute Gasteiger partial charge is 0.383 e. The number of methoxy groups -OCH3 is 1. The highest BCUT2D eigenvalue weighted by atomic mass is 32.1. The van der Waals surface area contributed by atoms with E-state index in [0.29, 0.717) is 13.2 Å². The van der Waals surface area contributed by atoms with Crippen molar-refractivity contribution in [3.8, 4) is 0 Å². The van der Waals surface area contributed by atoms with Crippen molar-refractivity contribution in [1.29, 1.82) is 0 Å².